The summed E-state index contributed by atoms with van der Waals surface area (Å²) in [6.45, 7) is 2.77. The van der Waals surface area contributed by atoms with Crippen molar-refractivity contribution in [2.45, 2.75) is 45.3 Å². The predicted molar refractivity (Wildman–Crippen MR) is 116 cm³/mol. The molecule has 6 nitrogen and oxygen atoms in total. The van der Waals surface area contributed by atoms with E-state index in [1.54, 1.807) is 12.3 Å². The van der Waals surface area contributed by atoms with Crippen LogP contribution in [-0.2, 0) is 11.2 Å². The highest BCUT2D eigenvalue weighted by Crippen LogP contribution is 2.36. The Labute approximate surface area is 178 Å². The van der Waals surface area contributed by atoms with Gasteiger partial charge in [0.1, 0.15) is 6.67 Å². The number of nitrogens with zero attached hydrogens (tertiary/aromatic N) is 3. The van der Waals surface area contributed by atoms with Gasteiger partial charge in [0.25, 0.3) is 11.4 Å². The van der Waals surface area contributed by atoms with Crippen molar-refractivity contribution in [1.29, 1.82) is 0 Å². The Morgan fingerprint density at radius 1 is 1.43 bits per heavy atom. The molecule has 2 aromatic rings. The molecule has 152 valence electrons. The highest BCUT2D eigenvalue weighted by Gasteiger charge is 2.45. The molecule has 1 saturated heterocycles. The van der Waals surface area contributed by atoms with Crippen molar-refractivity contribution in [2.24, 2.45) is 0 Å². The molecule has 0 saturated carbocycles. The molecule has 1 aliphatic heterocycles. The lowest BCUT2D eigenvalue weighted by atomic mass is 10.0. The second-order valence-corrected chi connectivity index (χ2v) is 9.68. The van der Waals surface area contributed by atoms with Crippen molar-refractivity contribution < 1.29 is 9.53 Å². The molecule has 1 aliphatic rings. The van der Waals surface area contributed by atoms with E-state index in [9.17, 15) is 10.0 Å². The predicted octanol–water partition coefficient (Wildman–Crippen LogP) is 4.92. The number of unbranched alkanes of at least 4 members (excludes halogenated alkanes) is 3. The van der Waals surface area contributed by atoms with Crippen molar-refractivity contribution in [3.05, 3.63) is 50.6 Å². The zero-order chi connectivity index (χ0) is 20.1. The zero-order valence-electron chi connectivity index (χ0n) is 16.3. The molecule has 2 unspecified atom stereocenters. The number of hydroxylamine groups is 2. The van der Waals surface area contributed by atoms with Crippen LogP contribution in [0.2, 0.25) is 0 Å². The number of thiazole rings is 1. The molecule has 1 fully saturated rings. The van der Waals surface area contributed by atoms with E-state index in [0.717, 1.165) is 22.2 Å². The fraction of sp³-hybridized carbons (Fsp3) is 0.500. The first-order valence-electron chi connectivity index (χ1n) is 9.61. The van der Waals surface area contributed by atoms with Crippen molar-refractivity contribution >= 4 is 38.4 Å². The van der Waals surface area contributed by atoms with E-state index < -0.39 is 16.8 Å². The number of likely N-dealkylation sites (N-methyl/N-ethyl adjacent to an activating group) is 1. The second kappa shape index (κ2) is 9.45. The van der Waals surface area contributed by atoms with Crippen LogP contribution in [0.25, 0.3) is 0 Å². The lowest BCUT2D eigenvalue weighted by molar-refractivity contribution is 0.00569. The van der Waals surface area contributed by atoms with Gasteiger partial charge in [0.05, 0.1) is 22.1 Å². The van der Waals surface area contributed by atoms with E-state index in [1.807, 2.05) is 30.1 Å². The first-order chi connectivity index (χ1) is 13.4. The average molecular weight is 468 g/mol. The van der Waals surface area contributed by atoms with Gasteiger partial charge in [0.15, 0.2) is 0 Å². The third kappa shape index (κ3) is 4.99. The molecule has 2 atom stereocenters. The van der Waals surface area contributed by atoms with Gasteiger partial charge in [-0.3, -0.25) is 4.65 Å². The summed E-state index contributed by atoms with van der Waals surface area (Å²) in [5.41, 5.74) is 1.62. The van der Waals surface area contributed by atoms with Crippen LogP contribution in [-0.4, -0.2) is 42.3 Å². The number of carbonyl (C=O) groups is 1. The quantitative estimate of drug-likeness (QED) is 0.238. The summed E-state index contributed by atoms with van der Waals surface area (Å²) in [5, 5.41) is 13.8. The Bertz CT molecular complexity index is 815. The summed E-state index contributed by atoms with van der Waals surface area (Å²) in [6.07, 6.45) is 6.46. The number of carbonyl (C=O) groups excluding carboxylic acids is 1. The minimum Gasteiger partial charge on any atom is -0.622 e. The molecule has 28 heavy (non-hydrogen) atoms. The highest BCUT2D eigenvalue weighted by atomic mass is 79.9. The van der Waals surface area contributed by atoms with Gasteiger partial charge in [0.2, 0.25) is 0 Å². The third-order valence-corrected chi connectivity index (χ3v) is 6.49. The van der Waals surface area contributed by atoms with E-state index >= 15 is 0 Å². The summed E-state index contributed by atoms with van der Waals surface area (Å²) < 4.78 is 5.69. The number of aryl methyl sites for hydroxylation is 1. The van der Waals surface area contributed by atoms with E-state index in [-0.39, 0.29) is 6.67 Å². The molecule has 1 aromatic carbocycles. The Hall–Kier alpha value is -1.32. The number of ether oxygens (including phenoxy) is 1. The molecule has 0 radical (unpaired) electrons. The number of hydrogen-bond acceptors (Lipinski definition) is 6. The molecule has 0 N–H and O–H groups in total. The van der Waals surface area contributed by atoms with Crippen LogP contribution in [0.5, 0.6) is 0 Å². The van der Waals surface area contributed by atoms with E-state index in [2.05, 4.69) is 27.8 Å². The standard InChI is InChI=1S/C20H26BrN3O3S/c1-3-4-5-6-8-15-9-7-10-16(11-15)19(25)27-18-13-23(2)14-24(18,26)20-22-12-17(21)28-20/h7,9-12,18H,3-6,8,13-14H2,1-2H3. The van der Waals surface area contributed by atoms with Gasteiger partial charge in [-0.05, 0) is 64.9 Å². The lowest BCUT2D eigenvalue weighted by Gasteiger charge is -2.38. The topological polar surface area (TPSA) is 65.5 Å². The van der Waals surface area contributed by atoms with Gasteiger partial charge in [-0.1, -0.05) is 38.3 Å². The number of aromatic nitrogens is 1. The molecular formula is C20H26BrN3O3S. The fourth-order valence-corrected chi connectivity index (χ4v) is 4.69. The molecule has 0 bridgehead atoms. The normalized spacial score (nSPS) is 22.5. The van der Waals surface area contributed by atoms with Gasteiger partial charge < -0.3 is 9.94 Å². The molecule has 3 rings (SSSR count). The Morgan fingerprint density at radius 2 is 2.25 bits per heavy atom. The molecule has 2 heterocycles. The minimum absolute atomic E-state index is 0.204. The van der Waals surface area contributed by atoms with Gasteiger partial charge in [-0.25, -0.2) is 9.69 Å². The third-order valence-electron chi connectivity index (χ3n) is 4.90. The van der Waals surface area contributed by atoms with Crippen LogP contribution < -0.4 is 4.65 Å². The Balaban J connectivity index is 1.69. The maximum Gasteiger partial charge on any atom is 0.342 e. The number of rotatable bonds is 8. The molecule has 0 amide bonds. The molecular weight excluding hydrogens is 442 g/mol. The van der Waals surface area contributed by atoms with Crippen LogP contribution >= 0.6 is 27.3 Å². The maximum atomic E-state index is 13.4. The van der Waals surface area contributed by atoms with Gasteiger partial charge in [-0.2, -0.15) is 4.98 Å². The summed E-state index contributed by atoms with van der Waals surface area (Å²) in [5.74, 6) is -0.454. The molecule has 0 aliphatic carbocycles. The summed E-state index contributed by atoms with van der Waals surface area (Å²) in [7, 11) is 1.85. The smallest absolute Gasteiger partial charge is 0.342 e. The van der Waals surface area contributed by atoms with Crippen molar-refractivity contribution in [1.82, 2.24) is 14.5 Å². The largest absolute Gasteiger partial charge is 0.622 e. The first kappa shape index (κ1) is 21.4. The Kier molecular flexibility index (Phi) is 7.22. The maximum absolute atomic E-state index is 13.4. The van der Waals surface area contributed by atoms with Crippen LogP contribution in [0, 0.1) is 5.21 Å². The average Bonchev–Trinajstić information content (AvgIpc) is 3.23. The van der Waals surface area contributed by atoms with Crippen LogP contribution in [0.15, 0.2) is 34.2 Å². The number of benzene rings is 1. The molecule has 0 spiro atoms. The summed E-state index contributed by atoms with van der Waals surface area (Å²) in [6, 6.07) is 7.54. The van der Waals surface area contributed by atoms with E-state index in [4.69, 9.17) is 4.74 Å². The fourth-order valence-electron chi connectivity index (χ4n) is 3.43. The Morgan fingerprint density at radius 3 is 2.96 bits per heavy atom. The second-order valence-electron chi connectivity index (χ2n) is 7.29. The first-order valence-corrected chi connectivity index (χ1v) is 11.2. The number of halogens is 1. The summed E-state index contributed by atoms with van der Waals surface area (Å²) >= 11 is 4.63. The van der Waals surface area contributed by atoms with Crippen molar-refractivity contribution in [3.8, 4) is 0 Å². The monoisotopic (exact) mass is 467 g/mol. The minimum atomic E-state index is -0.830. The van der Waals surface area contributed by atoms with E-state index in [0.29, 0.717) is 17.2 Å². The SMILES string of the molecule is CCCCCCc1cccc(C(=O)OC2CN(C)C[N+]2([O-])c2ncc(Br)s2)c1. The number of hydrogen-bond donors (Lipinski definition) is 0. The molecule has 1 aromatic heterocycles. The number of esters is 1. The van der Waals surface area contributed by atoms with Crippen LogP contribution in [0.3, 0.4) is 0 Å². The summed E-state index contributed by atoms with van der Waals surface area (Å²) in [4.78, 5) is 18.8. The van der Waals surface area contributed by atoms with Gasteiger partial charge in [-0.15, -0.1) is 0 Å². The van der Waals surface area contributed by atoms with Gasteiger partial charge >= 0.3 is 5.97 Å². The van der Waals surface area contributed by atoms with Crippen molar-refractivity contribution in [3.63, 3.8) is 0 Å². The molecule has 8 heteroatoms. The van der Waals surface area contributed by atoms with Crippen LogP contribution in [0.1, 0.15) is 48.5 Å². The van der Waals surface area contributed by atoms with Gasteiger partial charge in [0, 0.05) is 0 Å². The number of quaternary nitrogens is 1. The highest BCUT2D eigenvalue weighted by molar-refractivity contribution is 9.11. The van der Waals surface area contributed by atoms with Crippen LogP contribution in [0.4, 0.5) is 5.13 Å². The zero-order valence-corrected chi connectivity index (χ0v) is 18.7. The van der Waals surface area contributed by atoms with Crippen molar-refractivity contribution in [2.75, 3.05) is 20.3 Å². The lowest BCUT2D eigenvalue weighted by Crippen LogP contribution is -2.50. The van der Waals surface area contributed by atoms with E-state index in [1.165, 1.54) is 30.6 Å².